The average molecular weight is 257 g/mol. The van der Waals surface area contributed by atoms with Crippen LogP contribution in [0.5, 0.6) is 0 Å². The van der Waals surface area contributed by atoms with Crippen molar-refractivity contribution in [2.75, 3.05) is 25.5 Å². The van der Waals surface area contributed by atoms with Gasteiger partial charge in [-0.15, -0.1) is 0 Å². The lowest BCUT2D eigenvalue weighted by Crippen LogP contribution is -2.43. The highest BCUT2D eigenvalue weighted by atomic mass is 35.5. The maximum Gasteiger partial charge on any atom is 0.147 e. The number of nitrogens with zero attached hydrogens (tertiary/aromatic N) is 1. The molecule has 1 aliphatic rings. The van der Waals surface area contributed by atoms with Gasteiger partial charge in [0.05, 0.1) is 5.69 Å². The van der Waals surface area contributed by atoms with Gasteiger partial charge in [-0.05, 0) is 44.1 Å². The summed E-state index contributed by atoms with van der Waals surface area (Å²) in [5.74, 6) is 0.243. The van der Waals surface area contributed by atoms with E-state index in [4.69, 9.17) is 11.6 Å². The first kappa shape index (κ1) is 12.7. The van der Waals surface area contributed by atoms with Gasteiger partial charge in [0, 0.05) is 17.6 Å². The second-order valence-corrected chi connectivity index (χ2v) is 5.34. The number of halogens is 2. The van der Waals surface area contributed by atoms with Crippen LogP contribution < -0.4 is 5.32 Å². The fourth-order valence-electron chi connectivity index (χ4n) is 2.37. The first-order valence-electron chi connectivity index (χ1n) is 5.96. The molecule has 17 heavy (non-hydrogen) atoms. The van der Waals surface area contributed by atoms with Gasteiger partial charge in [0.25, 0.3) is 0 Å². The fourth-order valence-corrected chi connectivity index (χ4v) is 2.53. The lowest BCUT2D eigenvalue weighted by Gasteiger charge is -2.35. The Morgan fingerprint density at radius 2 is 2.24 bits per heavy atom. The van der Waals surface area contributed by atoms with Crippen molar-refractivity contribution in [1.29, 1.82) is 0 Å². The molecule has 2 atom stereocenters. The van der Waals surface area contributed by atoms with Gasteiger partial charge >= 0.3 is 0 Å². The van der Waals surface area contributed by atoms with Gasteiger partial charge in [0.2, 0.25) is 0 Å². The van der Waals surface area contributed by atoms with Gasteiger partial charge in [-0.25, -0.2) is 4.39 Å². The summed E-state index contributed by atoms with van der Waals surface area (Å²) in [4.78, 5) is 2.31. The summed E-state index contributed by atoms with van der Waals surface area (Å²) in [6.07, 6.45) is 1.04. The Hall–Kier alpha value is -0.800. The van der Waals surface area contributed by atoms with Gasteiger partial charge in [-0.2, -0.15) is 0 Å². The van der Waals surface area contributed by atoms with E-state index in [1.54, 1.807) is 12.1 Å². The zero-order valence-corrected chi connectivity index (χ0v) is 11.0. The molecule has 2 nitrogen and oxygen atoms in total. The maximum atomic E-state index is 13.7. The van der Waals surface area contributed by atoms with Gasteiger partial charge < -0.3 is 10.2 Å². The number of nitrogens with one attached hydrogen (secondary N) is 1. The highest BCUT2D eigenvalue weighted by Crippen LogP contribution is 2.24. The molecule has 1 aromatic carbocycles. The first-order chi connectivity index (χ1) is 8.06. The summed E-state index contributed by atoms with van der Waals surface area (Å²) in [5, 5.41) is 3.72. The molecule has 1 aromatic rings. The Balaban J connectivity index is 2.05. The molecule has 0 aliphatic carbocycles. The normalized spacial score (nSPS) is 25.9. The summed E-state index contributed by atoms with van der Waals surface area (Å²) in [5.41, 5.74) is 0.552. The fraction of sp³-hybridized carbons (Fsp3) is 0.538. The molecule has 2 rings (SSSR count). The number of likely N-dealkylation sites (tertiary alicyclic amines) is 1. The lowest BCUT2D eigenvalue weighted by molar-refractivity contribution is 0.206. The number of hydrogen-bond donors (Lipinski definition) is 1. The monoisotopic (exact) mass is 256 g/mol. The minimum Gasteiger partial charge on any atom is -0.380 e. The standard InChI is InChI=1S/C13H18ClFN2/c1-9-8-17(2)6-5-12(9)16-13-4-3-10(14)7-11(13)15/h3-4,7,9,12,16H,5-6,8H2,1-2H3/t9-,12+/m0/s1. The molecule has 0 bridgehead atoms. The van der Waals surface area contributed by atoms with Crippen molar-refractivity contribution in [1.82, 2.24) is 4.90 Å². The SMILES string of the molecule is C[C@H]1CN(C)CC[C@H]1Nc1ccc(Cl)cc1F. The van der Waals surface area contributed by atoms with Crippen LogP contribution in [0.25, 0.3) is 0 Å². The lowest BCUT2D eigenvalue weighted by atomic mass is 9.94. The van der Waals surface area contributed by atoms with E-state index >= 15 is 0 Å². The highest BCUT2D eigenvalue weighted by Gasteiger charge is 2.24. The van der Waals surface area contributed by atoms with Crippen LogP contribution in [0, 0.1) is 11.7 Å². The molecule has 0 unspecified atom stereocenters. The van der Waals surface area contributed by atoms with Crippen molar-refractivity contribution >= 4 is 17.3 Å². The Kier molecular flexibility index (Phi) is 3.89. The number of benzene rings is 1. The Labute approximate surface area is 107 Å². The smallest absolute Gasteiger partial charge is 0.147 e. The largest absolute Gasteiger partial charge is 0.380 e. The molecule has 1 fully saturated rings. The second kappa shape index (κ2) is 5.23. The second-order valence-electron chi connectivity index (χ2n) is 4.90. The highest BCUT2D eigenvalue weighted by molar-refractivity contribution is 6.30. The van der Waals surface area contributed by atoms with Crippen molar-refractivity contribution < 1.29 is 4.39 Å². The Morgan fingerprint density at radius 3 is 2.88 bits per heavy atom. The zero-order valence-electron chi connectivity index (χ0n) is 10.2. The van der Waals surface area contributed by atoms with Crippen LogP contribution in [0.2, 0.25) is 5.02 Å². The molecule has 0 saturated carbocycles. The molecule has 1 heterocycles. The van der Waals surface area contributed by atoms with E-state index in [9.17, 15) is 4.39 Å². The van der Waals surface area contributed by atoms with Crippen LogP contribution in [0.4, 0.5) is 10.1 Å². The first-order valence-corrected chi connectivity index (χ1v) is 6.34. The summed E-state index contributed by atoms with van der Waals surface area (Å²) in [6, 6.07) is 5.11. The van der Waals surface area contributed by atoms with Gasteiger partial charge in [0.15, 0.2) is 0 Å². The summed E-state index contributed by atoms with van der Waals surface area (Å²) in [6.45, 7) is 4.30. The Bertz CT molecular complexity index is 397. The third-order valence-corrected chi connectivity index (χ3v) is 3.62. The van der Waals surface area contributed by atoms with Crippen LogP contribution >= 0.6 is 11.6 Å². The molecule has 0 aromatic heterocycles. The molecule has 1 saturated heterocycles. The van der Waals surface area contributed by atoms with Crippen molar-refractivity contribution in [3.8, 4) is 0 Å². The van der Waals surface area contributed by atoms with E-state index in [-0.39, 0.29) is 5.82 Å². The van der Waals surface area contributed by atoms with E-state index in [2.05, 4.69) is 24.2 Å². The molecule has 94 valence electrons. The van der Waals surface area contributed by atoms with Gasteiger partial charge in [-0.3, -0.25) is 0 Å². The number of piperidine rings is 1. The molecule has 0 amide bonds. The van der Waals surface area contributed by atoms with E-state index in [1.165, 1.54) is 6.07 Å². The molecular formula is C13H18ClFN2. The minimum absolute atomic E-state index is 0.274. The molecule has 4 heteroatoms. The summed E-state index contributed by atoms with van der Waals surface area (Å²) < 4.78 is 13.7. The number of hydrogen-bond acceptors (Lipinski definition) is 2. The van der Waals surface area contributed by atoms with Crippen LogP contribution in [0.3, 0.4) is 0 Å². The Morgan fingerprint density at radius 1 is 1.47 bits per heavy atom. The maximum absolute atomic E-state index is 13.7. The van der Waals surface area contributed by atoms with Crippen LogP contribution in [0.1, 0.15) is 13.3 Å². The van der Waals surface area contributed by atoms with Crippen LogP contribution in [0.15, 0.2) is 18.2 Å². The topological polar surface area (TPSA) is 15.3 Å². The summed E-state index contributed by atoms with van der Waals surface area (Å²) in [7, 11) is 2.12. The quantitative estimate of drug-likeness (QED) is 0.874. The molecule has 1 N–H and O–H groups in total. The molecular weight excluding hydrogens is 239 g/mol. The predicted octanol–water partition coefficient (Wildman–Crippen LogP) is 3.23. The van der Waals surface area contributed by atoms with Crippen molar-refractivity contribution in [3.63, 3.8) is 0 Å². The number of rotatable bonds is 2. The van der Waals surface area contributed by atoms with E-state index in [0.717, 1.165) is 19.5 Å². The average Bonchev–Trinajstić information content (AvgIpc) is 2.25. The minimum atomic E-state index is -0.274. The van der Waals surface area contributed by atoms with Gasteiger partial charge in [0.1, 0.15) is 5.82 Å². The van der Waals surface area contributed by atoms with Crippen LogP contribution in [-0.4, -0.2) is 31.1 Å². The van der Waals surface area contributed by atoms with E-state index in [1.807, 2.05) is 0 Å². The molecule has 0 spiro atoms. The van der Waals surface area contributed by atoms with E-state index in [0.29, 0.717) is 22.7 Å². The van der Waals surface area contributed by atoms with Crippen molar-refractivity contribution in [2.24, 2.45) is 5.92 Å². The molecule has 1 aliphatic heterocycles. The third-order valence-electron chi connectivity index (χ3n) is 3.38. The summed E-state index contributed by atoms with van der Waals surface area (Å²) >= 11 is 5.73. The zero-order chi connectivity index (χ0) is 12.4. The number of anilines is 1. The van der Waals surface area contributed by atoms with Crippen LogP contribution in [-0.2, 0) is 0 Å². The third kappa shape index (κ3) is 3.11. The van der Waals surface area contributed by atoms with Crippen molar-refractivity contribution in [3.05, 3.63) is 29.0 Å². The molecule has 0 radical (unpaired) electrons. The van der Waals surface area contributed by atoms with E-state index < -0.39 is 0 Å². The van der Waals surface area contributed by atoms with Crippen molar-refractivity contribution in [2.45, 2.75) is 19.4 Å². The predicted molar refractivity (Wildman–Crippen MR) is 70.1 cm³/mol. The van der Waals surface area contributed by atoms with Gasteiger partial charge in [-0.1, -0.05) is 18.5 Å².